The predicted molar refractivity (Wildman–Crippen MR) is 100 cm³/mol. The van der Waals surface area contributed by atoms with Crippen LogP contribution in [0.2, 0.25) is 0 Å². The molecule has 3 aromatic rings. The molecule has 2 aromatic heterocycles. The number of carbonyl (C=O) groups excluding carboxylic acids is 1. The Morgan fingerprint density at radius 1 is 1.08 bits per heavy atom. The van der Waals surface area contributed by atoms with E-state index in [1.54, 1.807) is 18.6 Å². The quantitative estimate of drug-likeness (QED) is 0.659. The highest BCUT2D eigenvalue weighted by Gasteiger charge is 2.24. The molecule has 7 heteroatoms. The zero-order valence-corrected chi connectivity index (χ0v) is 14.2. The first-order valence-corrected chi connectivity index (χ1v) is 8.57. The SMILES string of the molecule is O=C(NCc1ccc(Nc2ccncc2)cc1)C1CNc2ccnn2C1. The number of hydrogen-bond donors (Lipinski definition) is 3. The lowest BCUT2D eigenvalue weighted by Gasteiger charge is -2.24. The molecule has 26 heavy (non-hydrogen) atoms. The number of pyridine rings is 1. The largest absolute Gasteiger partial charge is 0.369 e. The maximum absolute atomic E-state index is 12.4. The summed E-state index contributed by atoms with van der Waals surface area (Å²) in [6.45, 7) is 1.75. The van der Waals surface area contributed by atoms with Crippen LogP contribution in [0.4, 0.5) is 17.2 Å². The lowest BCUT2D eigenvalue weighted by atomic mass is 10.1. The minimum Gasteiger partial charge on any atom is -0.369 e. The van der Waals surface area contributed by atoms with Crippen LogP contribution in [-0.2, 0) is 17.9 Å². The van der Waals surface area contributed by atoms with Crippen LogP contribution in [0.1, 0.15) is 5.56 Å². The van der Waals surface area contributed by atoms with E-state index in [-0.39, 0.29) is 11.8 Å². The van der Waals surface area contributed by atoms with Crippen LogP contribution in [0, 0.1) is 5.92 Å². The van der Waals surface area contributed by atoms with Crippen LogP contribution in [-0.4, -0.2) is 27.2 Å². The van der Waals surface area contributed by atoms with Gasteiger partial charge >= 0.3 is 0 Å². The van der Waals surface area contributed by atoms with E-state index in [0.717, 1.165) is 22.8 Å². The zero-order chi connectivity index (χ0) is 17.8. The topological polar surface area (TPSA) is 83.9 Å². The monoisotopic (exact) mass is 348 g/mol. The number of anilines is 3. The highest BCUT2D eigenvalue weighted by atomic mass is 16.1. The second-order valence-corrected chi connectivity index (χ2v) is 6.25. The van der Waals surface area contributed by atoms with Gasteiger partial charge in [0.25, 0.3) is 0 Å². The summed E-state index contributed by atoms with van der Waals surface area (Å²) in [5.41, 5.74) is 3.04. The summed E-state index contributed by atoms with van der Waals surface area (Å²) >= 11 is 0. The van der Waals surface area contributed by atoms with Crippen molar-refractivity contribution in [2.45, 2.75) is 13.1 Å². The molecular weight excluding hydrogens is 328 g/mol. The molecule has 0 saturated carbocycles. The highest BCUT2D eigenvalue weighted by Crippen LogP contribution is 2.18. The number of aromatic nitrogens is 3. The van der Waals surface area contributed by atoms with Crippen LogP contribution in [0.3, 0.4) is 0 Å². The fraction of sp³-hybridized carbons (Fsp3) is 0.211. The third kappa shape index (κ3) is 3.66. The number of fused-ring (bicyclic) bond motifs is 1. The van der Waals surface area contributed by atoms with Gasteiger partial charge in [0.05, 0.1) is 18.7 Å². The van der Waals surface area contributed by atoms with Gasteiger partial charge in [0.2, 0.25) is 5.91 Å². The fourth-order valence-corrected chi connectivity index (χ4v) is 2.95. The number of rotatable bonds is 5. The van der Waals surface area contributed by atoms with Gasteiger partial charge in [-0.2, -0.15) is 5.10 Å². The molecule has 1 unspecified atom stereocenters. The molecule has 1 atom stereocenters. The molecule has 1 aliphatic heterocycles. The first-order valence-electron chi connectivity index (χ1n) is 8.57. The minimum absolute atomic E-state index is 0.0395. The average molecular weight is 348 g/mol. The van der Waals surface area contributed by atoms with Gasteiger partial charge in [-0.3, -0.25) is 9.78 Å². The average Bonchev–Trinajstić information content (AvgIpc) is 3.16. The molecule has 3 heterocycles. The summed E-state index contributed by atoms with van der Waals surface area (Å²) in [6.07, 6.45) is 5.24. The first kappa shape index (κ1) is 16.1. The molecule has 132 valence electrons. The van der Waals surface area contributed by atoms with E-state index in [0.29, 0.717) is 19.6 Å². The second kappa shape index (κ2) is 7.26. The first-order chi connectivity index (χ1) is 12.8. The van der Waals surface area contributed by atoms with Crippen molar-refractivity contribution < 1.29 is 4.79 Å². The van der Waals surface area contributed by atoms with Gasteiger partial charge in [-0.05, 0) is 29.8 Å². The van der Waals surface area contributed by atoms with Gasteiger partial charge in [-0.1, -0.05) is 12.1 Å². The number of carbonyl (C=O) groups is 1. The van der Waals surface area contributed by atoms with Crippen molar-refractivity contribution in [3.8, 4) is 0 Å². The van der Waals surface area contributed by atoms with Crippen molar-refractivity contribution in [1.82, 2.24) is 20.1 Å². The third-order valence-electron chi connectivity index (χ3n) is 4.40. The molecule has 1 aliphatic rings. The Balaban J connectivity index is 1.30. The third-order valence-corrected chi connectivity index (χ3v) is 4.40. The molecule has 0 aliphatic carbocycles. The number of nitrogens with one attached hydrogen (secondary N) is 3. The van der Waals surface area contributed by atoms with Crippen molar-refractivity contribution in [3.05, 3.63) is 66.6 Å². The van der Waals surface area contributed by atoms with Crippen LogP contribution in [0.25, 0.3) is 0 Å². The summed E-state index contributed by atoms with van der Waals surface area (Å²) in [6, 6.07) is 13.8. The van der Waals surface area contributed by atoms with E-state index >= 15 is 0 Å². The molecule has 7 nitrogen and oxygen atoms in total. The molecule has 0 spiro atoms. The van der Waals surface area contributed by atoms with Crippen LogP contribution in [0.15, 0.2) is 61.1 Å². The standard InChI is InChI=1S/C19H20N6O/c26-19(15-12-21-18-7-10-23-25(18)13-15)22-11-14-1-3-16(4-2-14)24-17-5-8-20-9-6-17/h1-10,15,21H,11-13H2,(H,20,24)(H,22,26). The van der Waals surface area contributed by atoms with Crippen LogP contribution >= 0.6 is 0 Å². The van der Waals surface area contributed by atoms with Crippen LogP contribution in [0.5, 0.6) is 0 Å². The summed E-state index contributed by atoms with van der Waals surface area (Å²) < 4.78 is 1.83. The maximum atomic E-state index is 12.4. The van der Waals surface area contributed by atoms with Gasteiger partial charge in [0.1, 0.15) is 5.82 Å². The molecule has 0 fully saturated rings. The molecule has 0 radical (unpaired) electrons. The molecule has 1 aromatic carbocycles. The van der Waals surface area contributed by atoms with E-state index in [1.165, 1.54) is 0 Å². The Labute approximate surface area is 151 Å². The van der Waals surface area contributed by atoms with Gasteiger partial charge < -0.3 is 16.0 Å². The Bertz CT molecular complexity index is 875. The molecule has 0 bridgehead atoms. The van der Waals surface area contributed by atoms with Crippen molar-refractivity contribution >= 4 is 23.1 Å². The molecule has 0 saturated heterocycles. The highest BCUT2D eigenvalue weighted by molar-refractivity contribution is 5.79. The molecule has 3 N–H and O–H groups in total. The fourth-order valence-electron chi connectivity index (χ4n) is 2.95. The van der Waals surface area contributed by atoms with Crippen molar-refractivity contribution in [2.24, 2.45) is 5.92 Å². The number of nitrogens with zero attached hydrogens (tertiary/aromatic N) is 3. The van der Waals surface area contributed by atoms with E-state index in [2.05, 4.69) is 26.0 Å². The Hall–Kier alpha value is -3.35. The lowest BCUT2D eigenvalue weighted by molar-refractivity contribution is -0.125. The van der Waals surface area contributed by atoms with E-state index in [4.69, 9.17) is 0 Å². The summed E-state index contributed by atoms with van der Waals surface area (Å²) in [7, 11) is 0. The van der Waals surface area contributed by atoms with Crippen molar-refractivity contribution in [2.75, 3.05) is 17.2 Å². The number of amides is 1. The number of hydrogen-bond acceptors (Lipinski definition) is 5. The zero-order valence-electron chi connectivity index (χ0n) is 14.2. The van der Waals surface area contributed by atoms with Gasteiger partial charge in [0, 0.05) is 42.9 Å². The van der Waals surface area contributed by atoms with Gasteiger partial charge in [-0.15, -0.1) is 0 Å². The normalized spacial score (nSPS) is 15.6. The number of benzene rings is 1. The van der Waals surface area contributed by atoms with E-state index in [1.807, 2.05) is 47.1 Å². The van der Waals surface area contributed by atoms with Crippen molar-refractivity contribution in [1.29, 1.82) is 0 Å². The summed E-state index contributed by atoms with van der Waals surface area (Å²) in [4.78, 5) is 16.4. The van der Waals surface area contributed by atoms with Crippen LogP contribution < -0.4 is 16.0 Å². The second-order valence-electron chi connectivity index (χ2n) is 6.25. The van der Waals surface area contributed by atoms with Gasteiger partial charge in [0.15, 0.2) is 0 Å². The minimum atomic E-state index is -0.116. The van der Waals surface area contributed by atoms with E-state index < -0.39 is 0 Å². The Kier molecular flexibility index (Phi) is 4.51. The summed E-state index contributed by atoms with van der Waals surface area (Å²) in [5, 5.41) is 13.8. The smallest absolute Gasteiger partial charge is 0.227 e. The molecule has 4 rings (SSSR count). The molecular formula is C19H20N6O. The maximum Gasteiger partial charge on any atom is 0.227 e. The summed E-state index contributed by atoms with van der Waals surface area (Å²) in [5.74, 6) is 0.888. The van der Waals surface area contributed by atoms with E-state index in [9.17, 15) is 4.79 Å². The van der Waals surface area contributed by atoms with Crippen molar-refractivity contribution in [3.63, 3.8) is 0 Å². The van der Waals surface area contributed by atoms with Gasteiger partial charge in [-0.25, -0.2) is 4.68 Å². The Morgan fingerprint density at radius 2 is 1.85 bits per heavy atom. The Morgan fingerprint density at radius 3 is 2.65 bits per heavy atom. The lowest BCUT2D eigenvalue weighted by Crippen LogP contribution is -2.40. The molecule has 1 amide bonds. The predicted octanol–water partition coefficient (Wildman–Crippen LogP) is 2.38.